The number of carbonyl (C=O) groups is 1. The van der Waals surface area contributed by atoms with Crippen LogP contribution in [0.25, 0.3) is 0 Å². The lowest BCUT2D eigenvalue weighted by atomic mass is 10.0. The molecule has 4 heteroatoms. The average Bonchev–Trinajstić information content (AvgIpc) is 2.36. The Hall–Kier alpha value is -1.00. The van der Waals surface area contributed by atoms with Crippen molar-refractivity contribution in [3.8, 4) is 0 Å². The van der Waals surface area contributed by atoms with Crippen molar-refractivity contribution in [2.24, 2.45) is 0 Å². The molecule has 0 saturated carbocycles. The molecule has 1 rings (SSSR count). The standard InChI is InChI=1S/C14H22N2OS/c1-11(10-18-3)16-14(17)13-7-5-4-6-12(13)8-9-15-2/h4-7,11,15H,8-10H2,1-3H3,(H,16,17). The van der Waals surface area contributed by atoms with E-state index in [2.05, 4.69) is 10.6 Å². The van der Waals surface area contributed by atoms with Crippen molar-refractivity contribution in [3.63, 3.8) is 0 Å². The van der Waals surface area contributed by atoms with Gasteiger partial charge in [-0.3, -0.25) is 4.79 Å². The molecule has 0 aliphatic rings. The summed E-state index contributed by atoms with van der Waals surface area (Å²) in [6.45, 7) is 2.91. The van der Waals surface area contributed by atoms with Crippen LogP contribution in [0.3, 0.4) is 0 Å². The summed E-state index contributed by atoms with van der Waals surface area (Å²) in [6, 6.07) is 8.01. The minimum absolute atomic E-state index is 0.0308. The largest absolute Gasteiger partial charge is 0.349 e. The third-order valence-electron chi connectivity index (χ3n) is 2.70. The van der Waals surface area contributed by atoms with Crippen molar-refractivity contribution in [1.82, 2.24) is 10.6 Å². The maximum Gasteiger partial charge on any atom is 0.251 e. The molecule has 1 unspecified atom stereocenters. The first kappa shape index (κ1) is 15.1. The summed E-state index contributed by atoms with van der Waals surface area (Å²) >= 11 is 1.74. The lowest BCUT2D eigenvalue weighted by molar-refractivity contribution is 0.0943. The number of amides is 1. The molecule has 18 heavy (non-hydrogen) atoms. The molecule has 0 aromatic heterocycles. The van der Waals surface area contributed by atoms with Crippen LogP contribution >= 0.6 is 11.8 Å². The Morgan fingerprint density at radius 2 is 2.11 bits per heavy atom. The second-order valence-corrected chi connectivity index (χ2v) is 5.25. The maximum atomic E-state index is 12.2. The van der Waals surface area contributed by atoms with E-state index >= 15 is 0 Å². The van der Waals surface area contributed by atoms with Gasteiger partial charge in [-0.25, -0.2) is 0 Å². The molecule has 1 aromatic rings. The average molecular weight is 266 g/mol. The Bertz CT molecular complexity index is 382. The molecule has 0 radical (unpaired) electrons. The molecule has 1 aromatic carbocycles. The molecule has 0 bridgehead atoms. The van der Waals surface area contributed by atoms with Crippen LogP contribution in [0.1, 0.15) is 22.8 Å². The van der Waals surface area contributed by atoms with Gasteiger partial charge in [0.15, 0.2) is 0 Å². The van der Waals surface area contributed by atoms with Gasteiger partial charge in [-0.15, -0.1) is 0 Å². The zero-order chi connectivity index (χ0) is 13.4. The highest BCUT2D eigenvalue weighted by Gasteiger charge is 2.12. The lowest BCUT2D eigenvalue weighted by Gasteiger charge is -2.14. The highest BCUT2D eigenvalue weighted by atomic mass is 32.2. The van der Waals surface area contributed by atoms with Crippen molar-refractivity contribution in [3.05, 3.63) is 35.4 Å². The predicted octanol–water partition coefficient (Wildman–Crippen LogP) is 1.93. The summed E-state index contributed by atoms with van der Waals surface area (Å²) in [4.78, 5) is 12.2. The van der Waals surface area contributed by atoms with Crippen LogP contribution in [-0.4, -0.2) is 37.6 Å². The van der Waals surface area contributed by atoms with Crippen molar-refractivity contribution in [2.45, 2.75) is 19.4 Å². The van der Waals surface area contributed by atoms with Gasteiger partial charge in [0.25, 0.3) is 5.91 Å². The van der Waals surface area contributed by atoms with Crippen molar-refractivity contribution in [2.75, 3.05) is 25.6 Å². The van der Waals surface area contributed by atoms with Gasteiger partial charge in [0.1, 0.15) is 0 Å². The Morgan fingerprint density at radius 1 is 1.39 bits per heavy atom. The third kappa shape index (κ3) is 4.70. The van der Waals surface area contributed by atoms with Crippen LogP contribution in [0.2, 0.25) is 0 Å². The normalized spacial score (nSPS) is 12.2. The number of hydrogen-bond acceptors (Lipinski definition) is 3. The van der Waals surface area contributed by atoms with E-state index in [1.165, 1.54) is 0 Å². The lowest BCUT2D eigenvalue weighted by Crippen LogP contribution is -2.34. The molecular weight excluding hydrogens is 244 g/mol. The molecule has 2 N–H and O–H groups in total. The van der Waals surface area contributed by atoms with Crippen LogP contribution in [0, 0.1) is 0 Å². The zero-order valence-corrected chi connectivity index (χ0v) is 12.1. The predicted molar refractivity (Wildman–Crippen MR) is 79.4 cm³/mol. The number of hydrogen-bond donors (Lipinski definition) is 2. The van der Waals surface area contributed by atoms with E-state index in [-0.39, 0.29) is 11.9 Å². The van der Waals surface area contributed by atoms with Gasteiger partial charge in [-0.1, -0.05) is 18.2 Å². The van der Waals surface area contributed by atoms with Crippen LogP contribution in [-0.2, 0) is 6.42 Å². The van der Waals surface area contributed by atoms with E-state index < -0.39 is 0 Å². The minimum Gasteiger partial charge on any atom is -0.349 e. The zero-order valence-electron chi connectivity index (χ0n) is 11.3. The van der Waals surface area contributed by atoms with Gasteiger partial charge >= 0.3 is 0 Å². The SMILES string of the molecule is CNCCc1ccccc1C(=O)NC(C)CSC. The van der Waals surface area contributed by atoms with Crippen molar-refractivity contribution in [1.29, 1.82) is 0 Å². The first-order valence-electron chi connectivity index (χ1n) is 6.21. The van der Waals surface area contributed by atoms with Crippen LogP contribution in [0.5, 0.6) is 0 Å². The molecule has 1 atom stereocenters. The second-order valence-electron chi connectivity index (χ2n) is 4.34. The fourth-order valence-corrected chi connectivity index (χ4v) is 2.40. The van der Waals surface area contributed by atoms with Gasteiger partial charge in [0.05, 0.1) is 0 Å². The summed E-state index contributed by atoms with van der Waals surface area (Å²) in [7, 11) is 1.92. The Labute approximate surface area is 114 Å². The highest BCUT2D eigenvalue weighted by Crippen LogP contribution is 2.10. The van der Waals surface area contributed by atoms with Gasteiger partial charge in [0.2, 0.25) is 0 Å². The van der Waals surface area contributed by atoms with E-state index in [0.29, 0.717) is 0 Å². The smallest absolute Gasteiger partial charge is 0.251 e. The van der Waals surface area contributed by atoms with Crippen LogP contribution in [0.4, 0.5) is 0 Å². The number of carbonyl (C=O) groups excluding carboxylic acids is 1. The Balaban J connectivity index is 2.71. The van der Waals surface area contributed by atoms with Crippen LogP contribution < -0.4 is 10.6 Å². The molecule has 1 amide bonds. The number of thioether (sulfide) groups is 1. The molecule has 0 saturated heterocycles. The molecule has 0 aliphatic heterocycles. The number of nitrogens with one attached hydrogen (secondary N) is 2. The quantitative estimate of drug-likeness (QED) is 0.792. The number of rotatable bonds is 7. The van der Waals surface area contributed by atoms with Gasteiger partial charge in [-0.05, 0) is 44.8 Å². The Kier molecular flexibility index (Phi) is 6.83. The van der Waals surface area contributed by atoms with E-state index in [0.717, 1.165) is 29.8 Å². The first-order chi connectivity index (χ1) is 8.69. The monoisotopic (exact) mass is 266 g/mol. The van der Waals surface area contributed by atoms with Gasteiger partial charge in [0, 0.05) is 17.4 Å². The van der Waals surface area contributed by atoms with Gasteiger partial charge < -0.3 is 10.6 Å². The van der Waals surface area contributed by atoms with E-state index in [4.69, 9.17) is 0 Å². The summed E-state index contributed by atoms with van der Waals surface area (Å²) in [5.74, 6) is 0.966. The second kappa shape index (κ2) is 8.16. The van der Waals surface area contributed by atoms with E-state index in [9.17, 15) is 4.79 Å². The molecule has 0 heterocycles. The molecule has 100 valence electrons. The molecular formula is C14H22N2OS. The molecule has 0 aliphatic carbocycles. The summed E-state index contributed by atoms with van der Waals surface area (Å²) < 4.78 is 0. The summed E-state index contributed by atoms with van der Waals surface area (Å²) in [6.07, 6.45) is 2.92. The molecule has 0 spiro atoms. The highest BCUT2D eigenvalue weighted by molar-refractivity contribution is 7.98. The summed E-state index contributed by atoms with van der Waals surface area (Å²) in [5, 5.41) is 6.14. The van der Waals surface area contributed by atoms with Crippen LogP contribution in [0.15, 0.2) is 24.3 Å². The molecule has 0 fully saturated rings. The van der Waals surface area contributed by atoms with E-state index in [1.807, 2.05) is 44.5 Å². The third-order valence-corrected chi connectivity index (χ3v) is 3.53. The number of likely N-dealkylation sites (N-methyl/N-ethyl adjacent to an activating group) is 1. The molecule has 3 nitrogen and oxygen atoms in total. The van der Waals surface area contributed by atoms with Crippen molar-refractivity contribution < 1.29 is 4.79 Å². The maximum absolute atomic E-state index is 12.2. The topological polar surface area (TPSA) is 41.1 Å². The van der Waals surface area contributed by atoms with Crippen molar-refractivity contribution >= 4 is 17.7 Å². The first-order valence-corrected chi connectivity index (χ1v) is 7.60. The Morgan fingerprint density at radius 3 is 2.78 bits per heavy atom. The van der Waals surface area contributed by atoms with Gasteiger partial charge in [-0.2, -0.15) is 11.8 Å². The minimum atomic E-state index is 0.0308. The van der Waals surface area contributed by atoms with E-state index in [1.54, 1.807) is 11.8 Å². The fourth-order valence-electron chi connectivity index (χ4n) is 1.81. The fraction of sp³-hybridized carbons (Fsp3) is 0.500. The number of benzene rings is 1. The summed E-state index contributed by atoms with van der Waals surface area (Å²) in [5.41, 5.74) is 1.89.